The average molecular weight is 281 g/mol. The second-order valence-electron chi connectivity index (χ2n) is 4.51. The molecule has 2 nitrogen and oxygen atoms in total. The minimum Gasteiger partial charge on any atom is -0.466 e. The number of carbonyl (C=O) groups is 1. The van der Waals surface area contributed by atoms with E-state index in [9.17, 15) is 4.79 Å². The van der Waals surface area contributed by atoms with Gasteiger partial charge in [-0.1, -0.05) is 22.0 Å². The Bertz CT molecular complexity index is 455. The van der Waals surface area contributed by atoms with Crippen molar-refractivity contribution >= 4 is 21.9 Å². The zero-order valence-corrected chi connectivity index (χ0v) is 10.7. The second-order valence-corrected chi connectivity index (χ2v) is 5.43. The third-order valence-corrected chi connectivity index (χ3v) is 4.14. The fourth-order valence-electron chi connectivity index (χ4n) is 2.94. The fourth-order valence-corrected chi connectivity index (χ4v) is 3.35. The predicted molar refractivity (Wildman–Crippen MR) is 64.2 cm³/mol. The summed E-state index contributed by atoms with van der Waals surface area (Å²) < 4.78 is 6.22. The summed E-state index contributed by atoms with van der Waals surface area (Å²) in [6.07, 6.45) is 1.03. The van der Waals surface area contributed by atoms with Gasteiger partial charge in [-0.15, -0.1) is 0 Å². The molecule has 1 aromatic rings. The maximum absolute atomic E-state index is 11.7. The molecule has 0 aliphatic heterocycles. The Morgan fingerprint density at radius 3 is 3.12 bits per heavy atom. The Morgan fingerprint density at radius 2 is 2.38 bits per heavy atom. The van der Waals surface area contributed by atoms with Crippen molar-refractivity contribution in [2.75, 3.05) is 6.61 Å². The van der Waals surface area contributed by atoms with Crippen LogP contribution in [0.5, 0.6) is 0 Å². The van der Waals surface area contributed by atoms with Gasteiger partial charge in [0.25, 0.3) is 0 Å². The van der Waals surface area contributed by atoms with Crippen LogP contribution in [0.25, 0.3) is 0 Å². The first-order valence-corrected chi connectivity index (χ1v) is 6.46. The van der Waals surface area contributed by atoms with E-state index < -0.39 is 0 Å². The summed E-state index contributed by atoms with van der Waals surface area (Å²) in [5, 5.41) is 0. The summed E-state index contributed by atoms with van der Waals surface area (Å²) in [4.78, 5) is 11.7. The highest BCUT2D eigenvalue weighted by Crippen LogP contribution is 2.61. The van der Waals surface area contributed by atoms with Crippen molar-refractivity contribution in [3.8, 4) is 0 Å². The van der Waals surface area contributed by atoms with Crippen LogP contribution in [0, 0.1) is 11.8 Å². The fraction of sp³-hybridized carbons (Fsp3) is 0.462. The molecule has 0 amide bonds. The lowest BCUT2D eigenvalue weighted by atomic mass is 10.0. The molecular formula is C13H13BrO2. The maximum atomic E-state index is 11.7. The quantitative estimate of drug-likeness (QED) is 0.779. The van der Waals surface area contributed by atoms with E-state index in [1.807, 2.05) is 6.92 Å². The first-order valence-electron chi connectivity index (χ1n) is 5.67. The van der Waals surface area contributed by atoms with Gasteiger partial charge < -0.3 is 4.74 Å². The topological polar surface area (TPSA) is 26.3 Å². The molecule has 3 heteroatoms. The molecule has 0 N–H and O–H groups in total. The molecule has 84 valence electrons. The third-order valence-electron chi connectivity index (χ3n) is 3.65. The monoisotopic (exact) mass is 280 g/mol. The molecule has 16 heavy (non-hydrogen) atoms. The lowest BCUT2D eigenvalue weighted by molar-refractivity contribution is -0.145. The zero-order valence-electron chi connectivity index (χ0n) is 9.07. The number of hydrogen-bond acceptors (Lipinski definition) is 2. The minimum absolute atomic E-state index is 0.00827. The van der Waals surface area contributed by atoms with Crippen LogP contribution < -0.4 is 0 Å². The van der Waals surface area contributed by atoms with Gasteiger partial charge in [0.15, 0.2) is 0 Å². The Kier molecular flexibility index (Phi) is 2.32. The van der Waals surface area contributed by atoms with E-state index in [2.05, 4.69) is 34.1 Å². The van der Waals surface area contributed by atoms with Crippen LogP contribution in [0.15, 0.2) is 22.7 Å². The van der Waals surface area contributed by atoms with Gasteiger partial charge in [-0.05, 0) is 42.5 Å². The third kappa shape index (κ3) is 1.41. The van der Waals surface area contributed by atoms with Crippen molar-refractivity contribution in [2.45, 2.75) is 19.3 Å². The molecule has 0 spiro atoms. The molecular weight excluding hydrogens is 268 g/mol. The summed E-state index contributed by atoms with van der Waals surface area (Å²) in [6, 6.07) is 6.37. The lowest BCUT2D eigenvalue weighted by Gasteiger charge is -2.07. The predicted octanol–water partition coefficient (Wildman–Crippen LogP) is 2.90. The van der Waals surface area contributed by atoms with E-state index in [0.717, 1.165) is 10.9 Å². The normalized spacial score (nSPS) is 29.5. The highest BCUT2D eigenvalue weighted by atomic mass is 79.9. The highest BCUT2D eigenvalue weighted by Gasteiger charge is 2.60. The van der Waals surface area contributed by atoms with E-state index >= 15 is 0 Å². The number of carbonyl (C=O) groups excluding carboxylic acids is 1. The molecule has 3 rings (SSSR count). The smallest absolute Gasteiger partial charge is 0.309 e. The molecule has 1 fully saturated rings. The van der Waals surface area contributed by atoms with E-state index in [4.69, 9.17) is 4.74 Å². The van der Waals surface area contributed by atoms with Gasteiger partial charge in [0.1, 0.15) is 0 Å². The molecule has 0 aromatic heterocycles. The number of benzene rings is 1. The van der Waals surface area contributed by atoms with Gasteiger partial charge in [0, 0.05) is 10.4 Å². The SMILES string of the molecule is CCOC(=O)C1[C@H]2Cc3cc(Br)ccc3[C@@H]12. The van der Waals surface area contributed by atoms with Crippen molar-refractivity contribution in [3.05, 3.63) is 33.8 Å². The van der Waals surface area contributed by atoms with Gasteiger partial charge in [-0.3, -0.25) is 4.79 Å². The number of ether oxygens (including phenoxy) is 1. The lowest BCUT2D eigenvalue weighted by Crippen LogP contribution is -2.10. The van der Waals surface area contributed by atoms with Gasteiger partial charge in [0.2, 0.25) is 0 Å². The van der Waals surface area contributed by atoms with Crippen LogP contribution in [0.3, 0.4) is 0 Å². The van der Waals surface area contributed by atoms with Crippen LogP contribution in [0.1, 0.15) is 24.0 Å². The maximum Gasteiger partial charge on any atom is 0.309 e. The molecule has 1 aromatic carbocycles. The van der Waals surface area contributed by atoms with Crippen LogP contribution in [-0.4, -0.2) is 12.6 Å². The van der Waals surface area contributed by atoms with Gasteiger partial charge in [-0.25, -0.2) is 0 Å². The number of rotatable bonds is 2. The summed E-state index contributed by atoms with van der Waals surface area (Å²) in [7, 11) is 0. The molecule has 0 heterocycles. The Hall–Kier alpha value is -0.830. The van der Waals surface area contributed by atoms with Crippen molar-refractivity contribution in [1.29, 1.82) is 0 Å². The van der Waals surface area contributed by atoms with Crippen LogP contribution in [0.2, 0.25) is 0 Å². The Morgan fingerprint density at radius 1 is 1.56 bits per heavy atom. The summed E-state index contributed by atoms with van der Waals surface area (Å²) in [5.41, 5.74) is 2.75. The van der Waals surface area contributed by atoms with Crippen LogP contribution in [-0.2, 0) is 16.0 Å². The van der Waals surface area contributed by atoms with Crippen LogP contribution in [0.4, 0.5) is 0 Å². The molecule has 2 aliphatic rings. The van der Waals surface area contributed by atoms with E-state index in [0.29, 0.717) is 18.4 Å². The first-order chi connectivity index (χ1) is 7.72. The number of hydrogen-bond donors (Lipinski definition) is 0. The second kappa shape index (κ2) is 3.59. The van der Waals surface area contributed by atoms with Crippen molar-refractivity contribution in [2.24, 2.45) is 11.8 Å². The zero-order chi connectivity index (χ0) is 11.3. The largest absolute Gasteiger partial charge is 0.466 e. The highest BCUT2D eigenvalue weighted by molar-refractivity contribution is 9.10. The van der Waals surface area contributed by atoms with Crippen molar-refractivity contribution < 1.29 is 9.53 Å². The van der Waals surface area contributed by atoms with Crippen molar-refractivity contribution in [1.82, 2.24) is 0 Å². The number of esters is 1. The molecule has 0 bridgehead atoms. The average Bonchev–Trinajstić information content (AvgIpc) is 2.82. The first kappa shape index (κ1) is 10.3. The standard InChI is InChI=1S/C13H13BrO2/c1-2-16-13(15)12-10-6-7-5-8(14)3-4-9(7)11(10)12/h3-5,10-12H,2,6H2,1H3/t10-,11+,12?/m0/s1. The summed E-state index contributed by atoms with van der Waals surface area (Å²) >= 11 is 3.48. The molecule has 1 saturated carbocycles. The van der Waals surface area contributed by atoms with Gasteiger partial charge >= 0.3 is 5.97 Å². The number of fused-ring (bicyclic) bond motifs is 3. The van der Waals surface area contributed by atoms with E-state index in [1.165, 1.54) is 11.1 Å². The molecule has 0 saturated heterocycles. The minimum atomic E-state index is -0.00827. The molecule has 1 unspecified atom stereocenters. The van der Waals surface area contributed by atoms with Crippen LogP contribution >= 0.6 is 15.9 Å². The number of halogens is 1. The van der Waals surface area contributed by atoms with Crippen molar-refractivity contribution in [3.63, 3.8) is 0 Å². The molecule has 0 radical (unpaired) electrons. The van der Waals surface area contributed by atoms with Gasteiger partial charge in [0.05, 0.1) is 12.5 Å². The summed E-state index contributed by atoms with van der Waals surface area (Å²) in [6.45, 7) is 2.35. The van der Waals surface area contributed by atoms with E-state index in [1.54, 1.807) is 0 Å². The molecule has 2 aliphatic carbocycles. The van der Waals surface area contributed by atoms with Gasteiger partial charge in [-0.2, -0.15) is 0 Å². The molecule has 3 atom stereocenters. The Balaban J connectivity index is 1.82. The van der Waals surface area contributed by atoms with E-state index in [-0.39, 0.29) is 11.9 Å². The summed E-state index contributed by atoms with van der Waals surface area (Å²) in [5.74, 6) is 1.06. The Labute approximate surface area is 103 Å².